The van der Waals surface area contributed by atoms with E-state index in [4.69, 9.17) is 22.3 Å². The highest BCUT2D eigenvalue weighted by atomic mass is 35.5. The van der Waals surface area contributed by atoms with Crippen LogP contribution in [0.3, 0.4) is 0 Å². The third-order valence-corrected chi connectivity index (χ3v) is 6.43. The zero-order valence-electron chi connectivity index (χ0n) is 16.5. The lowest BCUT2D eigenvalue weighted by atomic mass is 10.0. The summed E-state index contributed by atoms with van der Waals surface area (Å²) in [6, 6.07) is 5.81. The number of hydrogen-bond donors (Lipinski definition) is 1. The number of fused-ring (bicyclic) bond motifs is 1. The van der Waals surface area contributed by atoms with Gasteiger partial charge in [-0.3, -0.25) is 14.2 Å². The molecule has 0 aliphatic carbocycles. The van der Waals surface area contributed by atoms with E-state index < -0.39 is 5.91 Å². The molecule has 0 saturated heterocycles. The van der Waals surface area contributed by atoms with E-state index in [1.807, 2.05) is 39.0 Å². The number of thiophene rings is 1. The first-order valence-electron chi connectivity index (χ1n) is 9.35. The first-order chi connectivity index (χ1) is 13.2. The van der Waals surface area contributed by atoms with Crippen LogP contribution in [0.5, 0.6) is 0 Å². The minimum absolute atomic E-state index is 0.0541. The number of nitrogens with two attached hydrogens (primary N) is 1. The van der Waals surface area contributed by atoms with Crippen LogP contribution in [0.25, 0.3) is 21.3 Å². The molecule has 5 nitrogen and oxygen atoms in total. The molecule has 0 aliphatic rings. The number of benzene rings is 1. The molecule has 2 N–H and O–H groups in total. The molecule has 7 heteroatoms. The van der Waals surface area contributed by atoms with Gasteiger partial charge in [0.25, 0.3) is 5.56 Å². The second-order valence-corrected chi connectivity index (χ2v) is 8.69. The van der Waals surface area contributed by atoms with Gasteiger partial charge in [-0.25, -0.2) is 4.98 Å². The average Bonchev–Trinajstić information content (AvgIpc) is 3.01. The Morgan fingerprint density at radius 1 is 1.36 bits per heavy atom. The van der Waals surface area contributed by atoms with Crippen LogP contribution in [0.1, 0.15) is 49.4 Å². The third kappa shape index (κ3) is 3.71. The van der Waals surface area contributed by atoms with Crippen LogP contribution in [0.15, 0.2) is 23.0 Å². The quantitative estimate of drug-likeness (QED) is 0.634. The van der Waals surface area contributed by atoms with Gasteiger partial charge in [-0.15, -0.1) is 11.3 Å². The molecule has 0 atom stereocenters. The molecule has 0 radical (unpaired) electrons. The topological polar surface area (TPSA) is 78.0 Å². The normalized spacial score (nSPS) is 11.5. The highest BCUT2D eigenvalue weighted by Crippen LogP contribution is 2.38. The Bertz CT molecular complexity index is 1120. The van der Waals surface area contributed by atoms with Gasteiger partial charge in [-0.05, 0) is 36.6 Å². The zero-order chi connectivity index (χ0) is 20.6. The van der Waals surface area contributed by atoms with Crippen molar-refractivity contribution in [3.8, 4) is 11.1 Å². The molecule has 0 fully saturated rings. The number of nitrogens with zero attached hydrogens (tertiary/aromatic N) is 2. The monoisotopic (exact) mass is 417 g/mol. The molecular weight excluding hydrogens is 394 g/mol. The Morgan fingerprint density at radius 2 is 2.07 bits per heavy atom. The molecular formula is C21H24ClN3O2S. The first-order valence-corrected chi connectivity index (χ1v) is 10.5. The number of rotatable bonds is 6. The minimum atomic E-state index is -0.435. The summed E-state index contributed by atoms with van der Waals surface area (Å²) in [6.07, 6.45) is 0.905. The maximum Gasteiger partial charge on any atom is 0.262 e. The predicted molar refractivity (Wildman–Crippen MR) is 116 cm³/mol. The Hall–Kier alpha value is -2.18. The lowest BCUT2D eigenvalue weighted by Crippen LogP contribution is -2.28. The van der Waals surface area contributed by atoms with E-state index in [-0.39, 0.29) is 24.4 Å². The predicted octanol–water partition coefficient (Wildman–Crippen LogP) is 4.65. The molecule has 1 amide bonds. The molecule has 1 aromatic carbocycles. The number of carbonyl (C=O) groups excluding carboxylic acids is 1. The number of carbonyl (C=O) groups is 1. The minimum Gasteiger partial charge on any atom is -0.370 e. The summed E-state index contributed by atoms with van der Waals surface area (Å²) in [6.45, 7) is 8.25. The van der Waals surface area contributed by atoms with Crippen LogP contribution >= 0.6 is 22.9 Å². The molecule has 148 valence electrons. The van der Waals surface area contributed by atoms with Gasteiger partial charge in [0, 0.05) is 34.3 Å². The summed E-state index contributed by atoms with van der Waals surface area (Å²) in [5, 5.41) is 1.30. The van der Waals surface area contributed by atoms with Gasteiger partial charge in [-0.2, -0.15) is 0 Å². The first kappa shape index (κ1) is 20.6. The Labute approximate surface area is 173 Å². The smallest absolute Gasteiger partial charge is 0.262 e. The molecule has 0 bridgehead atoms. The van der Waals surface area contributed by atoms with Crippen molar-refractivity contribution in [1.29, 1.82) is 0 Å². The number of hydrogen-bond acceptors (Lipinski definition) is 4. The molecule has 2 aromatic heterocycles. The molecule has 3 aromatic rings. The largest absolute Gasteiger partial charge is 0.370 e. The Balaban J connectivity index is 2.35. The van der Waals surface area contributed by atoms with Gasteiger partial charge in [-0.1, -0.05) is 38.4 Å². The average molecular weight is 418 g/mol. The lowest BCUT2D eigenvalue weighted by molar-refractivity contribution is -0.118. The van der Waals surface area contributed by atoms with Crippen molar-refractivity contribution in [2.75, 3.05) is 0 Å². The summed E-state index contributed by atoms with van der Waals surface area (Å²) in [7, 11) is 0. The SMILES string of the molecule is CCc1sc2nc(C(C)C)n(CCC(N)=O)c(=O)c2c1-c1ccc(Cl)c(C)c1. The van der Waals surface area contributed by atoms with E-state index in [1.165, 1.54) is 0 Å². The van der Waals surface area contributed by atoms with Crippen molar-refractivity contribution in [3.05, 3.63) is 49.8 Å². The third-order valence-electron chi connectivity index (χ3n) is 4.78. The van der Waals surface area contributed by atoms with E-state index in [9.17, 15) is 9.59 Å². The van der Waals surface area contributed by atoms with E-state index in [2.05, 4.69) is 6.92 Å². The zero-order valence-corrected chi connectivity index (χ0v) is 18.1. The maximum absolute atomic E-state index is 13.5. The van der Waals surface area contributed by atoms with Crippen molar-refractivity contribution in [1.82, 2.24) is 9.55 Å². The molecule has 0 aliphatic heterocycles. The standard InChI is InChI=1S/C21H24ClN3O2S/c1-5-15-17(13-6-7-14(22)12(4)10-13)18-20(28-15)24-19(11(2)3)25(21(18)27)9-8-16(23)26/h6-7,10-11H,5,8-9H2,1-4H3,(H2,23,26). The molecule has 0 unspecified atom stereocenters. The Morgan fingerprint density at radius 3 is 2.64 bits per heavy atom. The molecule has 3 rings (SSSR count). The van der Waals surface area contributed by atoms with Gasteiger partial charge < -0.3 is 5.73 Å². The number of aromatic nitrogens is 2. The van der Waals surface area contributed by atoms with E-state index in [1.54, 1.807) is 15.9 Å². The molecule has 2 heterocycles. The fourth-order valence-electron chi connectivity index (χ4n) is 3.38. The fraction of sp³-hybridized carbons (Fsp3) is 0.381. The van der Waals surface area contributed by atoms with Crippen molar-refractivity contribution in [2.24, 2.45) is 5.73 Å². The number of primary amides is 1. The van der Waals surface area contributed by atoms with Gasteiger partial charge >= 0.3 is 0 Å². The Kier molecular flexibility index (Phi) is 5.91. The van der Waals surface area contributed by atoms with Crippen molar-refractivity contribution in [3.63, 3.8) is 0 Å². The summed E-state index contributed by atoms with van der Waals surface area (Å²) in [4.78, 5) is 31.5. The van der Waals surface area contributed by atoms with Gasteiger partial charge in [0.15, 0.2) is 0 Å². The van der Waals surface area contributed by atoms with Crippen LogP contribution in [0.2, 0.25) is 5.02 Å². The van der Waals surface area contributed by atoms with Crippen molar-refractivity contribution in [2.45, 2.75) is 53.0 Å². The van der Waals surface area contributed by atoms with E-state index in [0.717, 1.165) is 32.8 Å². The van der Waals surface area contributed by atoms with Crippen LogP contribution in [-0.2, 0) is 17.8 Å². The van der Waals surface area contributed by atoms with Crippen molar-refractivity contribution >= 4 is 39.1 Å². The number of aryl methyl sites for hydroxylation is 2. The fourth-order valence-corrected chi connectivity index (χ4v) is 4.63. The van der Waals surface area contributed by atoms with Gasteiger partial charge in [0.1, 0.15) is 10.7 Å². The number of halogens is 1. The molecule has 0 saturated carbocycles. The summed E-state index contributed by atoms with van der Waals surface area (Å²) < 4.78 is 1.61. The number of amides is 1. The summed E-state index contributed by atoms with van der Waals surface area (Å²) >= 11 is 7.76. The highest BCUT2D eigenvalue weighted by Gasteiger charge is 2.22. The molecule has 28 heavy (non-hydrogen) atoms. The van der Waals surface area contributed by atoms with Crippen LogP contribution in [-0.4, -0.2) is 15.5 Å². The van der Waals surface area contributed by atoms with E-state index >= 15 is 0 Å². The second-order valence-electron chi connectivity index (χ2n) is 7.20. The van der Waals surface area contributed by atoms with Crippen LogP contribution in [0.4, 0.5) is 0 Å². The van der Waals surface area contributed by atoms with Crippen LogP contribution < -0.4 is 11.3 Å². The second kappa shape index (κ2) is 8.05. The van der Waals surface area contributed by atoms with Gasteiger partial charge in [0.05, 0.1) is 5.39 Å². The maximum atomic E-state index is 13.5. The highest BCUT2D eigenvalue weighted by molar-refractivity contribution is 7.19. The van der Waals surface area contributed by atoms with Gasteiger partial charge in [0.2, 0.25) is 5.91 Å². The van der Waals surface area contributed by atoms with Crippen LogP contribution in [0, 0.1) is 6.92 Å². The van der Waals surface area contributed by atoms with E-state index in [0.29, 0.717) is 16.2 Å². The lowest BCUT2D eigenvalue weighted by Gasteiger charge is -2.15. The summed E-state index contributed by atoms with van der Waals surface area (Å²) in [5.74, 6) is 0.301. The van der Waals surface area contributed by atoms with Crippen molar-refractivity contribution < 1.29 is 4.79 Å². The summed E-state index contributed by atoms with van der Waals surface area (Å²) in [5.41, 5.74) is 8.04. The molecule has 0 spiro atoms.